The van der Waals surface area contributed by atoms with E-state index in [-0.39, 0.29) is 6.54 Å². The highest BCUT2D eigenvalue weighted by molar-refractivity contribution is 6.31. The number of carbonyl (C=O) groups is 1. The standard InChI is InChI=1S/C18H14ClF3N4O2/c19-14-4-2-1-3-12(14)9-26-15(7-8-23-26)24-16(27)11-25-10-13(18(20,21)22)5-6-17(25)28/h1-8,10H,9,11H2,(H,24,27). The summed E-state index contributed by atoms with van der Waals surface area (Å²) in [5.74, 6) is -0.340. The number of hydrogen-bond acceptors (Lipinski definition) is 3. The predicted molar refractivity (Wildman–Crippen MR) is 97.1 cm³/mol. The van der Waals surface area contributed by atoms with Gasteiger partial charge in [-0.3, -0.25) is 9.59 Å². The van der Waals surface area contributed by atoms with Crippen molar-refractivity contribution in [2.24, 2.45) is 0 Å². The quantitative estimate of drug-likeness (QED) is 0.701. The van der Waals surface area contributed by atoms with Crippen molar-refractivity contribution in [3.63, 3.8) is 0 Å². The largest absolute Gasteiger partial charge is 0.417 e. The first-order valence-corrected chi connectivity index (χ1v) is 8.44. The summed E-state index contributed by atoms with van der Waals surface area (Å²) in [6.45, 7) is -0.286. The highest BCUT2D eigenvalue weighted by Crippen LogP contribution is 2.28. The van der Waals surface area contributed by atoms with Crippen molar-refractivity contribution < 1.29 is 18.0 Å². The second kappa shape index (κ2) is 7.89. The van der Waals surface area contributed by atoms with Crippen molar-refractivity contribution in [2.45, 2.75) is 19.3 Å². The third-order valence-corrected chi connectivity index (χ3v) is 4.26. The molecule has 0 aliphatic heterocycles. The molecular weight excluding hydrogens is 397 g/mol. The van der Waals surface area contributed by atoms with Gasteiger partial charge in [0.15, 0.2) is 0 Å². The summed E-state index contributed by atoms with van der Waals surface area (Å²) in [6, 6.07) is 10.1. The predicted octanol–water partition coefficient (Wildman–Crippen LogP) is 3.40. The fourth-order valence-electron chi connectivity index (χ4n) is 2.51. The topological polar surface area (TPSA) is 68.9 Å². The molecule has 0 aliphatic rings. The smallest absolute Gasteiger partial charge is 0.309 e. The summed E-state index contributed by atoms with van der Waals surface area (Å²) < 4.78 is 40.6. The monoisotopic (exact) mass is 410 g/mol. The van der Waals surface area contributed by atoms with Gasteiger partial charge in [-0.05, 0) is 17.7 Å². The van der Waals surface area contributed by atoms with Crippen LogP contribution in [0.2, 0.25) is 5.02 Å². The van der Waals surface area contributed by atoms with Crippen molar-refractivity contribution in [1.82, 2.24) is 14.3 Å². The number of hydrogen-bond donors (Lipinski definition) is 1. The average Bonchev–Trinajstić information content (AvgIpc) is 3.04. The van der Waals surface area contributed by atoms with E-state index in [1.54, 1.807) is 18.2 Å². The molecule has 0 unspecified atom stereocenters. The lowest BCUT2D eigenvalue weighted by Crippen LogP contribution is -2.28. The Labute approximate surface area is 162 Å². The molecule has 1 amide bonds. The summed E-state index contributed by atoms with van der Waals surface area (Å²) in [5.41, 5.74) is -0.950. The van der Waals surface area contributed by atoms with E-state index >= 15 is 0 Å². The summed E-state index contributed by atoms with van der Waals surface area (Å²) in [4.78, 5) is 24.0. The van der Waals surface area contributed by atoms with Crippen LogP contribution in [0.1, 0.15) is 11.1 Å². The molecule has 146 valence electrons. The highest BCUT2D eigenvalue weighted by atomic mass is 35.5. The Kier molecular flexibility index (Phi) is 5.55. The molecule has 2 aromatic heterocycles. The van der Waals surface area contributed by atoms with Crippen LogP contribution >= 0.6 is 11.6 Å². The van der Waals surface area contributed by atoms with Crippen LogP contribution in [-0.2, 0) is 24.1 Å². The van der Waals surface area contributed by atoms with Crippen LogP contribution in [0.15, 0.2) is 59.7 Å². The molecule has 0 fully saturated rings. The molecule has 1 aromatic carbocycles. The van der Waals surface area contributed by atoms with Gasteiger partial charge in [0.25, 0.3) is 5.56 Å². The zero-order valence-electron chi connectivity index (χ0n) is 14.3. The fourth-order valence-corrected chi connectivity index (χ4v) is 2.71. The van der Waals surface area contributed by atoms with Crippen LogP contribution in [0.3, 0.4) is 0 Å². The van der Waals surface area contributed by atoms with E-state index in [1.165, 1.54) is 16.9 Å². The number of nitrogens with zero attached hydrogens (tertiary/aromatic N) is 3. The van der Waals surface area contributed by atoms with Gasteiger partial charge in [0.1, 0.15) is 12.4 Å². The number of pyridine rings is 1. The minimum absolute atomic E-state index is 0.284. The molecule has 3 aromatic rings. The van der Waals surface area contributed by atoms with E-state index in [0.29, 0.717) is 27.7 Å². The van der Waals surface area contributed by atoms with Crippen LogP contribution < -0.4 is 10.9 Å². The maximum Gasteiger partial charge on any atom is 0.417 e. The van der Waals surface area contributed by atoms with Crippen LogP contribution in [-0.4, -0.2) is 20.3 Å². The molecular formula is C18H14ClF3N4O2. The van der Waals surface area contributed by atoms with Gasteiger partial charge >= 0.3 is 6.18 Å². The Hall–Kier alpha value is -3.07. The number of halogens is 4. The van der Waals surface area contributed by atoms with Crippen LogP contribution in [0.4, 0.5) is 19.0 Å². The molecule has 1 N–H and O–H groups in total. The number of rotatable bonds is 5. The van der Waals surface area contributed by atoms with Crippen LogP contribution in [0, 0.1) is 0 Å². The zero-order chi connectivity index (χ0) is 20.3. The average molecular weight is 411 g/mol. The molecule has 0 spiro atoms. The summed E-state index contributed by atoms with van der Waals surface area (Å²) >= 11 is 6.12. The summed E-state index contributed by atoms with van der Waals surface area (Å²) in [6.07, 6.45) is -2.54. The first-order chi connectivity index (χ1) is 13.2. The number of amides is 1. The summed E-state index contributed by atoms with van der Waals surface area (Å²) in [5, 5.41) is 7.18. The Morgan fingerprint density at radius 3 is 2.61 bits per heavy atom. The Morgan fingerprint density at radius 1 is 1.14 bits per heavy atom. The van der Waals surface area contributed by atoms with E-state index in [0.717, 1.165) is 11.6 Å². The molecule has 10 heteroatoms. The lowest BCUT2D eigenvalue weighted by Gasteiger charge is -2.12. The van der Waals surface area contributed by atoms with Gasteiger partial charge in [0.2, 0.25) is 5.91 Å². The lowest BCUT2D eigenvalue weighted by atomic mass is 10.2. The number of nitrogens with one attached hydrogen (secondary N) is 1. The molecule has 0 atom stereocenters. The maximum absolute atomic E-state index is 12.8. The number of carbonyl (C=O) groups excluding carboxylic acids is 1. The number of alkyl halides is 3. The maximum atomic E-state index is 12.8. The Bertz CT molecular complexity index is 1060. The van der Waals surface area contributed by atoms with E-state index in [9.17, 15) is 22.8 Å². The number of benzene rings is 1. The van der Waals surface area contributed by atoms with Crippen LogP contribution in [0.25, 0.3) is 0 Å². The van der Waals surface area contributed by atoms with E-state index in [2.05, 4.69) is 10.4 Å². The minimum atomic E-state index is -4.61. The van der Waals surface area contributed by atoms with Gasteiger partial charge in [-0.2, -0.15) is 18.3 Å². The van der Waals surface area contributed by atoms with Crippen molar-refractivity contribution in [3.05, 3.63) is 81.4 Å². The molecule has 0 saturated carbocycles. The third kappa shape index (κ3) is 4.61. The van der Waals surface area contributed by atoms with E-state index in [4.69, 9.17) is 11.6 Å². The van der Waals surface area contributed by atoms with Gasteiger partial charge in [0, 0.05) is 23.4 Å². The first-order valence-electron chi connectivity index (χ1n) is 8.07. The SMILES string of the molecule is O=C(Cn1cc(C(F)(F)F)ccc1=O)Nc1ccnn1Cc1ccccc1Cl. The lowest BCUT2D eigenvalue weighted by molar-refractivity contribution is -0.138. The van der Waals surface area contributed by atoms with Crippen molar-refractivity contribution >= 4 is 23.3 Å². The second-order valence-corrected chi connectivity index (χ2v) is 6.30. The molecule has 2 heterocycles. The Balaban J connectivity index is 1.74. The third-order valence-electron chi connectivity index (χ3n) is 3.89. The normalized spacial score (nSPS) is 11.4. The van der Waals surface area contributed by atoms with E-state index in [1.807, 2.05) is 6.07 Å². The van der Waals surface area contributed by atoms with Crippen molar-refractivity contribution in [3.8, 4) is 0 Å². The number of anilines is 1. The van der Waals surface area contributed by atoms with Gasteiger partial charge in [-0.1, -0.05) is 29.8 Å². The van der Waals surface area contributed by atoms with Gasteiger partial charge in [-0.25, -0.2) is 4.68 Å². The van der Waals surface area contributed by atoms with Crippen molar-refractivity contribution in [1.29, 1.82) is 0 Å². The van der Waals surface area contributed by atoms with Crippen molar-refractivity contribution in [2.75, 3.05) is 5.32 Å². The molecule has 3 rings (SSSR count). The number of aromatic nitrogens is 3. The molecule has 28 heavy (non-hydrogen) atoms. The van der Waals surface area contributed by atoms with Gasteiger partial charge in [0.05, 0.1) is 18.3 Å². The minimum Gasteiger partial charge on any atom is -0.309 e. The molecule has 0 saturated heterocycles. The van der Waals surface area contributed by atoms with Gasteiger partial charge < -0.3 is 9.88 Å². The molecule has 0 radical (unpaired) electrons. The first kappa shape index (κ1) is 19.7. The fraction of sp³-hybridized carbons (Fsp3) is 0.167. The molecule has 6 nitrogen and oxygen atoms in total. The molecule has 0 bridgehead atoms. The Morgan fingerprint density at radius 2 is 1.89 bits per heavy atom. The van der Waals surface area contributed by atoms with Gasteiger partial charge in [-0.15, -0.1) is 0 Å². The van der Waals surface area contributed by atoms with Crippen LogP contribution in [0.5, 0.6) is 0 Å². The van der Waals surface area contributed by atoms with E-state index < -0.39 is 29.8 Å². The second-order valence-electron chi connectivity index (χ2n) is 5.90. The molecule has 0 aliphatic carbocycles. The highest BCUT2D eigenvalue weighted by Gasteiger charge is 2.31. The zero-order valence-corrected chi connectivity index (χ0v) is 15.0. The summed E-state index contributed by atoms with van der Waals surface area (Å²) in [7, 11) is 0.